The molecule has 2 amide bonds. The fourth-order valence-electron chi connectivity index (χ4n) is 1.81. The van der Waals surface area contributed by atoms with Crippen LogP contribution in [0.4, 0.5) is 4.79 Å². The minimum absolute atomic E-state index is 0.107. The van der Waals surface area contributed by atoms with E-state index < -0.39 is 0 Å². The third kappa shape index (κ3) is 3.68. The van der Waals surface area contributed by atoms with Crippen molar-refractivity contribution in [3.8, 4) is 0 Å². The molecule has 0 saturated carbocycles. The molecule has 0 radical (unpaired) electrons. The normalized spacial score (nSPS) is 20.1. The van der Waals surface area contributed by atoms with Crippen molar-refractivity contribution < 1.29 is 4.79 Å². The van der Waals surface area contributed by atoms with E-state index in [4.69, 9.17) is 5.73 Å². The fourth-order valence-corrected chi connectivity index (χ4v) is 1.81. The van der Waals surface area contributed by atoms with Crippen molar-refractivity contribution in [2.45, 2.75) is 13.0 Å². The third-order valence-corrected chi connectivity index (χ3v) is 2.57. The lowest BCUT2D eigenvalue weighted by atomic mass is 10.2. The summed E-state index contributed by atoms with van der Waals surface area (Å²) in [6.07, 6.45) is 0. The van der Waals surface area contributed by atoms with Crippen molar-refractivity contribution in [1.82, 2.24) is 14.7 Å². The predicted molar refractivity (Wildman–Crippen MR) is 60.7 cm³/mol. The molecule has 1 saturated heterocycles. The third-order valence-electron chi connectivity index (χ3n) is 2.57. The SMILES string of the molecule is CC(N)CN1CCN(C(=O)N(C)C)CC1. The van der Waals surface area contributed by atoms with E-state index in [1.165, 1.54) is 0 Å². The highest BCUT2D eigenvalue weighted by Gasteiger charge is 2.22. The Labute approximate surface area is 91.8 Å². The number of amides is 2. The predicted octanol–water partition coefficient (Wildman–Crippen LogP) is -0.367. The lowest BCUT2D eigenvalue weighted by Gasteiger charge is -2.36. The van der Waals surface area contributed by atoms with Crippen LogP contribution in [0.1, 0.15) is 6.92 Å². The Morgan fingerprint density at radius 1 is 1.33 bits per heavy atom. The lowest BCUT2D eigenvalue weighted by Crippen LogP contribution is -2.53. The molecule has 1 atom stereocenters. The largest absolute Gasteiger partial charge is 0.331 e. The molecule has 1 heterocycles. The van der Waals surface area contributed by atoms with Gasteiger partial charge >= 0.3 is 6.03 Å². The first kappa shape index (κ1) is 12.3. The molecule has 1 aliphatic heterocycles. The molecule has 1 fully saturated rings. The molecule has 1 rings (SSSR count). The molecular weight excluding hydrogens is 192 g/mol. The van der Waals surface area contributed by atoms with Gasteiger partial charge in [0.15, 0.2) is 0 Å². The van der Waals surface area contributed by atoms with E-state index in [9.17, 15) is 4.79 Å². The highest BCUT2D eigenvalue weighted by Crippen LogP contribution is 2.04. The summed E-state index contributed by atoms with van der Waals surface area (Å²) in [6, 6.07) is 0.316. The molecule has 88 valence electrons. The maximum atomic E-state index is 11.6. The molecule has 2 N–H and O–H groups in total. The van der Waals surface area contributed by atoms with Crippen molar-refractivity contribution in [2.24, 2.45) is 5.73 Å². The van der Waals surface area contributed by atoms with E-state index in [1.807, 2.05) is 11.8 Å². The second-order valence-corrected chi connectivity index (χ2v) is 4.44. The highest BCUT2D eigenvalue weighted by molar-refractivity contribution is 5.73. The number of nitrogens with zero attached hydrogens (tertiary/aromatic N) is 3. The van der Waals surface area contributed by atoms with Crippen LogP contribution in [0.25, 0.3) is 0 Å². The summed E-state index contributed by atoms with van der Waals surface area (Å²) in [4.78, 5) is 17.5. The van der Waals surface area contributed by atoms with Crippen LogP contribution in [0.5, 0.6) is 0 Å². The second-order valence-electron chi connectivity index (χ2n) is 4.44. The first-order valence-electron chi connectivity index (χ1n) is 5.45. The van der Waals surface area contributed by atoms with E-state index in [2.05, 4.69) is 4.90 Å². The molecule has 1 aliphatic rings. The number of hydrogen-bond acceptors (Lipinski definition) is 3. The summed E-state index contributed by atoms with van der Waals surface area (Å²) in [7, 11) is 3.58. The summed E-state index contributed by atoms with van der Waals surface area (Å²) in [5.41, 5.74) is 5.74. The molecular formula is C10H22N4O. The summed E-state index contributed by atoms with van der Waals surface area (Å²) < 4.78 is 0. The molecule has 15 heavy (non-hydrogen) atoms. The van der Waals surface area contributed by atoms with Crippen LogP contribution >= 0.6 is 0 Å². The number of hydrogen-bond donors (Lipinski definition) is 1. The maximum absolute atomic E-state index is 11.6. The van der Waals surface area contributed by atoms with Crippen molar-refractivity contribution in [2.75, 3.05) is 46.8 Å². The van der Waals surface area contributed by atoms with Gasteiger partial charge in [0.25, 0.3) is 0 Å². The molecule has 0 aliphatic carbocycles. The van der Waals surface area contributed by atoms with Crippen molar-refractivity contribution in [3.63, 3.8) is 0 Å². The van der Waals surface area contributed by atoms with Crippen LogP contribution in [0.2, 0.25) is 0 Å². The molecule has 0 bridgehead atoms. The van der Waals surface area contributed by atoms with Crippen LogP contribution in [0.3, 0.4) is 0 Å². The van der Waals surface area contributed by atoms with Gasteiger partial charge in [-0.25, -0.2) is 4.79 Å². The Balaban J connectivity index is 2.32. The van der Waals surface area contributed by atoms with Gasteiger partial charge in [0.1, 0.15) is 0 Å². The van der Waals surface area contributed by atoms with Gasteiger partial charge in [-0.2, -0.15) is 0 Å². The minimum Gasteiger partial charge on any atom is -0.331 e. The zero-order valence-corrected chi connectivity index (χ0v) is 9.94. The molecule has 1 unspecified atom stereocenters. The first-order valence-corrected chi connectivity index (χ1v) is 5.45. The molecule has 0 aromatic carbocycles. The van der Waals surface area contributed by atoms with E-state index in [0.717, 1.165) is 32.7 Å². The average molecular weight is 214 g/mol. The summed E-state index contributed by atoms with van der Waals surface area (Å²) >= 11 is 0. The van der Waals surface area contributed by atoms with E-state index in [0.29, 0.717) is 0 Å². The highest BCUT2D eigenvalue weighted by atomic mass is 16.2. The topological polar surface area (TPSA) is 52.8 Å². The van der Waals surface area contributed by atoms with Gasteiger partial charge in [0.05, 0.1) is 0 Å². The summed E-state index contributed by atoms with van der Waals surface area (Å²) in [5, 5.41) is 0. The monoisotopic (exact) mass is 214 g/mol. The zero-order valence-electron chi connectivity index (χ0n) is 9.94. The number of carbonyl (C=O) groups is 1. The zero-order chi connectivity index (χ0) is 11.4. The van der Waals surface area contributed by atoms with Crippen molar-refractivity contribution >= 4 is 6.03 Å². The number of piperazine rings is 1. The van der Waals surface area contributed by atoms with E-state index in [-0.39, 0.29) is 12.1 Å². The van der Waals surface area contributed by atoms with E-state index in [1.54, 1.807) is 19.0 Å². The number of rotatable bonds is 2. The van der Waals surface area contributed by atoms with Crippen LogP contribution in [-0.4, -0.2) is 73.6 Å². The second kappa shape index (κ2) is 5.32. The Morgan fingerprint density at radius 3 is 2.27 bits per heavy atom. The number of carbonyl (C=O) groups excluding carboxylic acids is 1. The van der Waals surface area contributed by atoms with Gasteiger partial charge in [-0.1, -0.05) is 0 Å². The van der Waals surface area contributed by atoms with Gasteiger partial charge < -0.3 is 15.5 Å². The average Bonchev–Trinajstić information content (AvgIpc) is 2.17. The van der Waals surface area contributed by atoms with Crippen molar-refractivity contribution in [3.05, 3.63) is 0 Å². The molecule has 0 spiro atoms. The van der Waals surface area contributed by atoms with Gasteiger partial charge in [-0.3, -0.25) is 4.90 Å². The summed E-state index contributed by atoms with van der Waals surface area (Å²) in [6.45, 7) is 6.41. The summed E-state index contributed by atoms with van der Waals surface area (Å²) in [5.74, 6) is 0. The minimum atomic E-state index is 0.107. The molecule has 5 heteroatoms. The Kier molecular flexibility index (Phi) is 4.35. The Morgan fingerprint density at radius 2 is 1.87 bits per heavy atom. The smallest absolute Gasteiger partial charge is 0.319 e. The molecule has 0 aromatic heterocycles. The van der Waals surface area contributed by atoms with Crippen LogP contribution in [0.15, 0.2) is 0 Å². The van der Waals surface area contributed by atoms with E-state index >= 15 is 0 Å². The Bertz CT molecular complexity index is 209. The Hall–Kier alpha value is -0.810. The number of nitrogens with two attached hydrogens (primary N) is 1. The van der Waals surface area contributed by atoms with Gasteiger partial charge in [-0.05, 0) is 6.92 Å². The number of urea groups is 1. The first-order chi connectivity index (χ1) is 7.00. The maximum Gasteiger partial charge on any atom is 0.319 e. The quantitative estimate of drug-likeness (QED) is 0.682. The molecule has 5 nitrogen and oxygen atoms in total. The van der Waals surface area contributed by atoms with Gasteiger partial charge in [0, 0.05) is 52.9 Å². The van der Waals surface area contributed by atoms with Crippen molar-refractivity contribution in [1.29, 1.82) is 0 Å². The van der Waals surface area contributed by atoms with Gasteiger partial charge in [-0.15, -0.1) is 0 Å². The van der Waals surface area contributed by atoms with Crippen LogP contribution in [-0.2, 0) is 0 Å². The molecule has 0 aromatic rings. The standard InChI is InChI=1S/C10H22N4O/c1-9(11)8-13-4-6-14(7-5-13)10(15)12(2)3/h9H,4-8,11H2,1-3H3. The lowest BCUT2D eigenvalue weighted by molar-refractivity contribution is 0.121. The van der Waals surface area contributed by atoms with Crippen LogP contribution < -0.4 is 5.73 Å². The van der Waals surface area contributed by atoms with Crippen LogP contribution in [0, 0.1) is 0 Å². The van der Waals surface area contributed by atoms with Gasteiger partial charge in [0.2, 0.25) is 0 Å². The fraction of sp³-hybridized carbons (Fsp3) is 0.900.